The predicted molar refractivity (Wildman–Crippen MR) is 98.0 cm³/mol. The number of nitrogens with zero attached hydrogens (tertiary/aromatic N) is 2. The van der Waals surface area contributed by atoms with Crippen LogP contribution in [0.25, 0.3) is 0 Å². The van der Waals surface area contributed by atoms with Gasteiger partial charge in [-0.25, -0.2) is 4.39 Å². The van der Waals surface area contributed by atoms with Gasteiger partial charge >= 0.3 is 0 Å². The minimum atomic E-state index is -0.667. The molecular formula is C17H24Cl2FN3O2. The molecule has 2 fully saturated rings. The molecule has 0 aromatic heterocycles. The summed E-state index contributed by atoms with van der Waals surface area (Å²) in [7, 11) is 0. The second-order valence-electron chi connectivity index (χ2n) is 6.15. The Morgan fingerprint density at radius 3 is 2.48 bits per heavy atom. The number of piperazine rings is 1. The van der Waals surface area contributed by atoms with Crippen molar-refractivity contribution in [2.45, 2.75) is 18.9 Å². The van der Waals surface area contributed by atoms with Crippen molar-refractivity contribution >= 4 is 24.8 Å². The Labute approximate surface area is 160 Å². The molecule has 0 amide bonds. The van der Waals surface area contributed by atoms with Gasteiger partial charge in [-0.2, -0.15) is 5.26 Å². The fourth-order valence-electron chi connectivity index (χ4n) is 3.67. The minimum Gasteiger partial charge on any atom is -0.506 e. The van der Waals surface area contributed by atoms with Crippen LogP contribution < -0.4 is 5.32 Å². The van der Waals surface area contributed by atoms with Crippen molar-refractivity contribution in [3.05, 3.63) is 29.1 Å². The largest absolute Gasteiger partial charge is 0.506 e. The molecule has 0 spiro atoms. The molecule has 1 atom stereocenters. The number of halogens is 3. The molecule has 2 saturated heterocycles. The van der Waals surface area contributed by atoms with Crippen molar-refractivity contribution in [1.82, 2.24) is 10.2 Å². The molecule has 2 N–H and O–H groups in total. The van der Waals surface area contributed by atoms with Gasteiger partial charge in [0.25, 0.3) is 0 Å². The van der Waals surface area contributed by atoms with Gasteiger partial charge in [0.15, 0.2) is 0 Å². The van der Waals surface area contributed by atoms with E-state index in [1.54, 1.807) is 12.1 Å². The molecule has 1 aromatic rings. The summed E-state index contributed by atoms with van der Waals surface area (Å²) in [5.41, 5.74) is 0.409. The van der Waals surface area contributed by atoms with Gasteiger partial charge in [0.05, 0.1) is 0 Å². The smallest absolute Gasteiger partial charge is 0.144 e. The third-order valence-corrected chi connectivity index (χ3v) is 4.85. The Bertz CT molecular complexity index is 582. The van der Waals surface area contributed by atoms with Crippen molar-refractivity contribution < 1.29 is 14.2 Å². The third kappa shape index (κ3) is 4.75. The van der Waals surface area contributed by atoms with Crippen LogP contribution in [0.4, 0.5) is 4.39 Å². The van der Waals surface area contributed by atoms with Crippen LogP contribution in [0.3, 0.4) is 0 Å². The van der Waals surface area contributed by atoms with E-state index in [1.807, 2.05) is 0 Å². The first kappa shape index (κ1) is 21.9. The molecule has 2 aliphatic heterocycles. The Balaban J connectivity index is 0.00000156. The Morgan fingerprint density at radius 1 is 1.24 bits per heavy atom. The molecule has 0 saturated carbocycles. The van der Waals surface area contributed by atoms with E-state index in [9.17, 15) is 9.50 Å². The molecule has 2 aliphatic rings. The SMILES string of the molecule is Cl.Cl.N#Cc1c(F)ccc([C@@H](C2CCOCC2)N2CCNCC2)c1O. The lowest BCUT2D eigenvalue weighted by molar-refractivity contribution is 0.0206. The summed E-state index contributed by atoms with van der Waals surface area (Å²) in [5, 5.41) is 22.9. The molecule has 2 heterocycles. The van der Waals surface area contributed by atoms with E-state index in [0.717, 1.165) is 39.0 Å². The lowest BCUT2D eigenvalue weighted by Crippen LogP contribution is -2.47. The van der Waals surface area contributed by atoms with Crippen LogP contribution in [0.2, 0.25) is 0 Å². The summed E-state index contributed by atoms with van der Waals surface area (Å²) in [6.45, 7) is 4.96. The van der Waals surface area contributed by atoms with Crippen LogP contribution >= 0.6 is 24.8 Å². The number of hydrogen-bond acceptors (Lipinski definition) is 5. The molecule has 140 valence electrons. The number of aromatic hydroxyl groups is 1. The second kappa shape index (κ2) is 10.1. The van der Waals surface area contributed by atoms with E-state index in [-0.39, 0.29) is 42.2 Å². The van der Waals surface area contributed by atoms with E-state index in [2.05, 4.69) is 10.2 Å². The number of ether oxygens (including phenoxy) is 1. The first-order chi connectivity index (χ1) is 11.2. The van der Waals surface area contributed by atoms with Crippen LogP contribution in [0.5, 0.6) is 5.75 Å². The Hall–Kier alpha value is -1.10. The number of nitrogens with one attached hydrogen (secondary N) is 1. The van der Waals surface area contributed by atoms with Crippen molar-refractivity contribution in [3.8, 4) is 11.8 Å². The molecule has 8 heteroatoms. The summed E-state index contributed by atoms with van der Waals surface area (Å²) in [5.74, 6) is -0.535. The molecule has 25 heavy (non-hydrogen) atoms. The minimum absolute atomic E-state index is 0. The molecule has 3 rings (SSSR count). The molecular weight excluding hydrogens is 368 g/mol. The maximum atomic E-state index is 13.8. The van der Waals surface area contributed by atoms with Gasteiger partial charge in [-0.05, 0) is 24.8 Å². The van der Waals surface area contributed by atoms with Crippen molar-refractivity contribution in [2.24, 2.45) is 5.92 Å². The number of hydrogen-bond donors (Lipinski definition) is 2. The van der Waals surface area contributed by atoms with Crippen molar-refractivity contribution in [2.75, 3.05) is 39.4 Å². The number of nitriles is 1. The zero-order valence-electron chi connectivity index (χ0n) is 13.9. The van der Waals surface area contributed by atoms with E-state index in [1.165, 1.54) is 6.07 Å². The Kier molecular flexibility index (Phi) is 8.91. The van der Waals surface area contributed by atoms with Gasteiger partial charge in [0.1, 0.15) is 23.2 Å². The molecule has 0 bridgehead atoms. The van der Waals surface area contributed by atoms with Gasteiger partial charge in [0, 0.05) is 51.0 Å². The highest BCUT2D eigenvalue weighted by Crippen LogP contribution is 2.40. The van der Waals surface area contributed by atoms with E-state index in [0.29, 0.717) is 24.7 Å². The van der Waals surface area contributed by atoms with Gasteiger partial charge < -0.3 is 15.2 Å². The van der Waals surface area contributed by atoms with Crippen LogP contribution in [-0.2, 0) is 4.74 Å². The Morgan fingerprint density at radius 2 is 1.88 bits per heavy atom. The normalized spacial score (nSPS) is 20.0. The van der Waals surface area contributed by atoms with Crippen LogP contribution in [0.1, 0.15) is 30.0 Å². The molecule has 0 radical (unpaired) electrons. The second-order valence-corrected chi connectivity index (χ2v) is 6.15. The average Bonchev–Trinajstić information content (AvgIpc) is 2.60. The molecule has 0 unspecified atom stereocenters. The maximum absolute atomic E-state index is 13.8. The highest BCUT2D eigenvalue weighted by Gasteiger charge is 2.33. The quantitative estimate of drug-likeness (QED) is 0.828. The van der Waals surface area contributed by atoms with E-state index >= 15 is 0 Å². The van der Waals surface area contributed by atoms with Crippen molar-refractivity contribution in [3.63, 3.8) is 0 Å². The number of benzene rings is 1. The van der Waals surface area contributed by atoms with Crippen LogP contribution in [0.15, 0.2) is 12.1 Å². The van der Waals surface area contributed by atoms with E-state index < -0.39 is 5.82 Å². The van der Waals surface area contributed by atoms with E-state index in [4.69, 9.17) is 10.00 Å². The summed E-state index contributed by atoms with van der Waals surface area (Å²) in [6, 6.07) is 4.70. The van der Waals surface area contributed by atoms with Crippen molar-refractivity contribution in [1.29, 1.82) is 5.26 Å². The van der Waals surface area contributed by atoms with Gasteiger partial charge in [-0.15, -0.1) is 24.8 Å². The molecule has 0 aliphatic carbocycles. The van der Waals surface area contributed by atoms with Gasteiger partial charge in [0.2, 0.25) is 0 Å². The zero-order chi connectivity index (χ0) is 16.2. The number of phenolic OH excluding ortho intramolecular Hbond substituents is 1. The predicted octanol–water partition coefficient (Wildman–Crippen LogP) is 2.62. The molecule has 1 aromatic carbocycles. The lowest BCUT2D eigenvalue weighted by Gasteiger charge is -2.41. The summed E-state index contributed by atoms with van der Waals surface area (Å²) >= 11 is 0. The zero-order valence-corrected chi connectivity index (χ0v) is 15.5. The number of phenols is 1. The fraction of sp³-hybridized carbons (Fsp3) is 0.588. The summed E-state index contributed by atoms with van der Waals surface area (Å²) in [4.78, 5) is 2.33. The highest BCUT2D eigenvalue weighted by molar-refractivity contribution is 5.85. The van der Waals surface area contributed by atoms with Crippen LogP contribution in [-0.4, -0.2) is 49.4 Å². The topological polar surface area (TPSA) is 68.5 Å². The summed E-state index contributed by atoms with van der Waals surface area (Å²) < 4.78 is 19.2. The number of rotatable bonds is 3. The van der Waals surface area contributed by atoms with Gasteiger partial charge in [-0.3, -0.25) is 4.90 Å². The standard InChI is InChI=1S/C17H22FN3O2.2ClH/c18-15-2-1-13(17(22)14(15)11-19)16(12-3-9-23-10-4-12)21-7-5-20-6-8-21;;/h1-2,12,16,20,22H,3-10H2;2*1H/t16-;;/m1../s1. The fourth-order valence-corrected chi connectivity index (χ4v) is 3.67. The highest BCUT2D eigenvalue weighted by atomic mass is 35.5. The average molecular weight is 392 g/mol. The first-order valence-corrected chi connectivity index (χ1v) is 8.16. The summed E-state index contributed by atoms with van der Waals surface area (Å²) in [6.07, 6.45) is 1.82. The van der Waals surface area contributed by atoms with Crippen LogP contribution in [0, 0.1) is 23.1 Å². The maximum Gasteiger partial charge on any atom is 0.144 e. The third-order valence-electron chi connectivity index (χ3n) is 4.85. The monoisotopic (exact) mass is 391 g/mol. The lowest BCUT2D eigenvalue weighted by atomic mass is 9.84. The van der Waals surface area contributed by atoms with Gasteiger partial charge in [-0.1, -0.05) is 6.07 Å². The molecule has 5 nitrogen and oxygen atoms in total. The first-order valence-electron chi connectivity index (χ1n) is 8.16.